The number of methoxy groups -OCH3 is 1. The van der Waals surface area contributed by atoms with Gasteiger partial charge in [-0.3, -0.25) is 14.4 Å². The van der Waals surface area contributed by atoms with Crippen LogP contribution in [0, 0.1) is 5.92 Å². The van der Waals surface area contributed by atoms with E-state index < -0.39 is 5.60 Å². The number of hydrogen-bond donors (Lipinski definition) is 0. The minimum Gasteiger partial charge on any atom is -0.373 e. The van der Waals surface area contributed by atoms with Gasteiger partial charge in [0.05, 0.1) is 13.2 Å². The molecule has 6 nitrogen and oxygen atoms in total. The van der Waals surface area contributed by atoms with Gasteiger partial charge in [0.2, 0.25) is 0 Å². The summed E-state index contributed by atoms with van der Waals surface area (Å²) in [6, 6.07) is 0. The maximum Gasteiger partial charge on any atom is 0.180 e. The van der Waals surface area contributed by atoms with Crippen molar-refractivity contribution in [3.8, 4) is 0 Å². The monoisotopic (exact) mass is 338 g/mol. The zero-order chi connectivity index (χ0) is 18.6. The van der Waals surface area contributed by atoms with Gasteiger partial charge in [0, 0.05) is 13.5 Å². The SMILES string of the molecule is C=CC(=O)COCC(COCC(=O)C=C)(OC)C(C)CC(=O)C=C. The van der Waals surface area contributed by atoms with Crippen molar-refractivity contribution in [3.05, 3.63) is 38.0 Å². The number of rotatable bonds is 15. The first kappa shape index (κ1) is 22.1. The lowest BCUT2D eigenvalue weighted by Gasteiger charge is -2.37. The lowest BCUT2D eigenvalue weighted by Crippen LogP contribution is -2.49. The van der Waals surface area contributed by atoms with Crippen LogP contribution in [0.3, 0.4) is 0 Å². The van der Waals surface area contributed by atoms with Gasteiger partial charge in [0.15, 0.2) is 17.3 Å². The summed E-state index contributed by atoms with van der Waals surface area (Å²) in [5, 5.41) is 0. The third-order valence-corrected chi connectivity index (χ3v) is 3.68. The van der Waals surface area contributed by atoms with Crippen LogP contribution in [0.5, 0.6) is 0 Å². The first-order valence-corrected chi connectivity index (χ1v) is 7.51. The number of hydrogen-bond acceptors (Lipinski definition) is 6. The van der Waals surface area contributed by atoms with Crippen molar-refractivity contribution in [1.29, 1.82) is 0 Å². The first-order valence-electron chi connectivity index (χ1n) is 7.51. The number of carbonyl (C=O) groups excluding carboxylic acids is 3. The lowest BCUT2D eigenvalue weighted by molar-refractivity contribution is -0.156. The Morgan fingerprint density at radius 3 is 1.67 bits per heavy atom. The molecule has 0 rings (SSSR count). The average molecular weight is 338 g/mol. The highest BCUT2D eigenvalue weighted by Gasteiger charge is 2.38. The molecule has 1 unspecified atom stereocenters. The number of ether oxygens (including phenoxy) is 3. The van der Waals surface area contributed by atoms with E-state index >= 15 is 0 Å². The molecule has 0 spiro atoms. The lowest BCUT2D eigenvalue weighted by atomic mass is 9.86. The van der Waals surface area contributed by atoms with E-state index in [4.69, 9.17) is 14.2 Å². The molecule has 0 amide bonds. The van der Waals surface area contributed by atoms with Crippen molar-refractivity contribution in [1.82, 2.24) is 0 Å². The largest absolute Gasteiger partial charge is 0.373 e. The average Bonchev–Trinajstić information content (AvgIpc) is 2.59. The zero-order valence-corrected chi connectivity index (χ0v) is 14.4. The van der Waals surface area contributed by atoms with Crippen LogP contribution >= 0.6 is 0 Å². The van der Waals surface area contributed by atoms with Crippen molar-refractivity contribution < 1.29 is 28.6 Å². The summed E-state index contributed by atoms with van der Waals surface area (Å²) in [5.41, 5.74) is -0.985. The van der Waals surface area contributed by atoms with Crippen LogP contribution in [0.2, 0.25) is 0 Å². The smallest absolute Gasteiger partial charge is 0.180 e. The first-order chi connectivity index (χ1) is 11.3. The van der Waals surface area contributed by atoms with Gasteiger partial charge in [0.1, 0.15) is 18.8 Å². The van der Waals surface area contributed by atoms with Gasteiger partial charge in [-0.25, -0.2) is 0 Å². The summed E-state index contributed by atoms with van der Waals surface area (Å²) < 4.78 is 16.4. The molecule has 0 N–H and O–H groups in total. The normalized spacial score (nSPS) is 12.2. The quantitative estimate of drug-likeness (QED) is 0.423. The van der Waals surface area contributed by atoms with Gasteiger partial charge in [-0.1, -0.05) is 26.7 Å². The number of ketones is 3. The Morgan fingerprint density at radius 1 is 0.917 bits per heavy atom. The molecule has 0 aromatic rings. The molecular weight excluding hydrogens is 312 g/mol. The van der Waals surface area contributed by atoms with Gasteiger partial charge in [-0.05, 0) is 24.1 Å². The Hall–Kier alpha value is -1.89. The summed E-state index contributed by atoms with van der Waals surface area (Å²) >= 11 is 0. The van der Waals surface area contributed by atoms with Crippen molar-refractivity contribution in [2.24, 2.45) is 5.92 Å². The molecule has 0 saturated heterocycles. The molecule has 0 aromatic carbocycles. The molecule has 6 heteroatoms. The van der Waals surface area contributed by atoms with Crippen molar-refractivity contribution in [2.45, 2.75) is 18.9 Å². The molecule has 0 aliphatic rings. The summed E-state index contributed by atoms with van der Waals surface area (Å²) in [4.78, 5) is 34.2. The van der Waals surface area contributed by atoms with Gasteiger partial charge >= 0.3 is 0 Å². The Bertz CT molecular complexity index is 454. The van der Waals surface area contributed by atoms with Crippen LogP contribution in [0.4, 0.5) is 0 Å². The highest BCUT2D eigenvalue weighted by Crippen LogP contribution is 2.26. The summed E-state index contributed by atoms with van der Waals surface area (Å²) in [5.74, 6) is -0.964. The highest BCUT2D eigenvalue weighted by molar-refractivity contribution is 5.90. The second-order valence-corrected chi connectivity index (χ2v) is 5.37. The van der Waals surface area contributed by atoms with E-state index in [0.717, 1.165) is 0 Å². The van der Waals surface area contributed by atoms with Crippen LogP contribution in [0.15, 0.2) is 38.0 Å². The molecule has 1 atom stereocenters. The van der Waals surface area contributed by atoms with E-state index in [1.54, 1.807) is 0 Å². The van der Waals surface area contributed by atoms with E-state index in [0.29, 0.717) is 0 Å². The van der Waals surface area contributed by atoms with Gasteiger partial charge in [-0.15, -0.1) is 0 Å². The third-order valence-electron chi connectivity index (χ3n) is 3.68. The second-order valence-electron chi connectivity index (χ2n) is 5.37. The van der Waals surface area contributed by atoms with Gasteiger partial charge in [0.25, 0.3) is 0 Å². The zero-order valence-electron chi connectivity index (χ0n) is 14.4. The van der Waals surface area contributed by atoms with Crippen LogP contribution in [-0.4, -0.2) is 56.5 Å². The maximum atomic E-state index is 11.7. The van der Waals surface area contributed by atoms with E-state index in [9.17, 15) is 14.4 Å². The molecule has 0 aliphatic carbocycles. The minimum absolute atomic E-state index is 0.0248. The van der Waals surface area contributed by atoms with E-state index in [1.807, 2.05) is 6.92 Å². The van der Waals surface area contributed by atoms with Gasteiger partial charge < -0.3 is 14.2 Å². The number of carbonyl (C=O) groups is 3. The molecule has 134 valence electrons. The summed E-state index contributed by atoms with van der Waals surface area (Å²) in [6.07, 6.45) is 3.74. The standard InChI is InChI=1S/C18H26O6/c1-6-15(19)9-14(4)18(22-5,12-23-10-16(20)7-2)13-24-11-17(21)8-3/h6-8,14H,1-3,9-13H2,4-5H3. The Morgan fingerprint density at radius 2 is 1.33 bits per heavy atom. The molecule has 0 bridgehead atoms. The van der Waals surface area contributed by atoms with Crippen LogP contribution in [-0.2, 0) is 28.6 Å². The molecule has 0 radical (unpaired) electrons. The summed E-state index contributed by atoms with van der Waals surface area (Å²) in [7, 11) is 1.46. The van der Waals surface area contributed by atoms with Crippen molar-refractivity contribution in [2.75, 3.05) is 33.5 Å². The highest BCUT2D eigenvalue weighted by atomic mass is 16.6. The van der Waals surface area contributed by atoms with Crippen molar-refractivity contribution >= 4 is 17.3 Å². The predicted molar refractivity (Wildman–Crippen MR) is 90.8 cm³/mol. The van der Waals surface area contributed by atoms with Crippen LogP contribution in [0.1, 0.15) is 13.3 Å². The topological polar surface area (TPSA) is 78.9 Å². The molecule has 0 aromatic heterocycles. The fourth-order valence-electron chi connectivity index (χ4n) is 1.98. The third kappa shape index (κ3) is 7.59. The predicted octanol–water partition coefficient (Wildman–Crippen LogP) is 1.70. The second kappa shape index (κ2) is 11.6. The minimum atomic E-state index is -0.985. The fourth-order valence-corrected chi connectivity index (χ4v) is 1.98. The summed E-state index contributed by atoms with van der Waals surface area (Å²) in [6.45, 7) is 11.7. The fraction of sp³-hybridized carbons (Fsp3) is 0.500. The molecular formula is C18H26O6. The molecule has 0 saturated carbocycles. The number of allylic oxidation sites excluding steroid dienone is 1. The Kier molecular flexibility index (Phi) is 10.7. The van der Waals surface area contributed by atoms with E-state index in [2.05, 4.69) is 19.7 Å². The maximum absolute atomic E-state index is 11.7. The molecule has 24 heavy (non-hydrogen) atoms. The van der Waals surface area contributed by atoms with Crippen LogP contribution < -0.4 is 0 Å². The Balaban J connectivity index is 5.02. The van der Waals surface area contributed by atoms with Crippen molar-refractivity contribution in [3.63, 3.8) is 0 Å². The van der Waals surface area contributed by atoms with E-state index in [1.165, 1.54) is 25.3 Å². The molecule has 0 heterocycles. The molecule has 0 aliphatic heterocycles. The van der Waals surface area contributed by atoms with Crippen LogP contribution in [0.25, 0.3) is 0 Å². The van der Waals surface area contributed by atoms with Gasteiger partial charge in [-0.2, -0.15) is 0 Å². The van der Waals surface area contributed by atoms with E-state index in [-0.39, 0.29) is 56.1 Å². The molecule has 0 fully saturated rings. The Labute approximate surface area is 143 Å².